The van der Waals surface area contributed by atoms with Crippen LogP contribution >= 0.6 is 0 Å². The highest BCUT2D eigenvalue weighted by Gasteiger charge is 2.26. The maximum Gasteiger partial charge on any atom is 0.248 e. The molecule has 1 aliphatic rings. The summed E-state index contributed by atoms with van der Waals surface area (Å²) in [6.45, 7) is 4.64. The number of fused-ring (bicyclic) bond motifs is 6. The highest BCUT2D eigenvalue weighted by Crippen LogP contribution is 2.50. The summed E-state index contributed by atoms with van der Waals surface area (Å²) in [5.74, 6) is 1.90. The Labute approximate surface area is 305 Å². The van der Waals surface area contributed by atoms with Crippen molar-refractivity contribution in [2.75, 3.05) is 4.90 Å². The van der Waals surface area contributed by atoms with E-state index < -0.39 is 0 Å². The second-order valence-corrected chi connectivity index (χ2v) is 13.8. The van der Waals surface area contributed by atoms with Gasteiger partial charge in [0.05, 0.1) is 11.4 Å². The molecule has 8 aromatic rings. The van der Waals surface area contributed by atoms with Crippen LogP contribution in [0.15, 0.2) is 168 Å². The zero-order valence-corrected chi connectivity index (χ0v) is 29.4. The van der Waals surface area contributed by atoms with Gasteiger partial charge in [0.25, 0.3) is 0 Å². The van der Waals surface area contributed by atoms with Crippen LogP contribution in [0.5, 0.6) is 0 Å². The summed E-state index contributed by atoms with van der Waals surface area (Å²) in [7, 11) is 0. The molecule has 9 rings (SSSR count). The van der Waals surface area contributed by atoms with E-state index in [-0.39, 0.29) is 0 Å². The van der Waals surface area contributed by atoms with Gasteiger partial charge in [-0.25, -0.2) is 0 Å². The number of hydrogen-bond acceptors (Lipinski definition) is 4. The van der Waals surface area contributed by atoms with E-state index in [1.165, 1.54) is 50.4 Å². The molecule has 2 heterocycles. The predicted octanol–water partition coefficient (Wildman–Crippen LogP) is 13.4. The largest absolute Gasteiger partial charge is 0.416 e. The van der Waals surface area contributed by atoms with E-state index >= 15 is 0 Å². The average molecular weight is 674 g/mol. The third-order valence-corrected chi connectivity index (χ3v) is 10.7. The van der Waals surface area contributed by atoms with Gasteiger partial charge in [0.2, 0.25) is 11.8 Å². The summed E-state index contributed by atoms with van der Waals surface area (Å²) >= 11 is 0. The molecule has 0 amide bonds. The van der Waals surface area contributed by atoms with Gasteiger partial charge < -0.3 is 9.32 Å². The van der Waals surface area contributed by atoms with E-state index in [4.69, 9.17) is 4.42 Å². The van der Waals surface area contributed by atoms with E-state index in [1.54, 1.807) is 0 Å². The molecule has 0 saturated carbocycles. The first-order valence-corrected chi connectivity index (χ1v) is 18.3. The summed E-state index contributed by atoms with van der Waals surface area (Å²) in [4.78, 5) is 2.42. The molecule has 7 aromatic carbocycles. The molecule has 1 aliphatic heterocycles. The number of anilines is 3. The molecule has 0 bridgehead atoms. The Kier molecular flexibility index (Phi) is 8.21. The fourth-order valence-corrected chi connectivity index (χ4v) is 7.97. The van der Waals surface area contributed by atoms with E-state index in [2.05, 4.69) is 168 Å². The Hall–Kier alpha value is -6.26. The lowest BCUT2D eigenvalue weighted by Gasteiger charge is -2.28. The summed E-state index contributed by atoms with van der Waals surface area (Å²) in [6, 6.07) is 58.7. The molecule has 1 aromatic heterocycles. The average Bonchev–Trinajstić information content (AvgIpc) is 3.66. The normalized spacial score (nSPS) is 13.2. The van der Waals surface area contributed by atoms with Gasteiger partial charge in [-0.3, -0.25) is 0 Å². The van der Waals surface area contributed by atoms with Crippen molar-refractivity contribution in [1.82, 2.24) is 10.2 Å². The summed E-state index contributed by atoms with van der Waals surface area (Å²) in [6.07, 6.45) is 2.14. The van der Waals surface area contributed by atoms with Crippen molar-refractivity contribution in [3.05, 3.63) is 175 Å². The van der Waals surface area contributed by atoms with E-state index in [1.807, 2.05) is 24.3 Å². The van der Waals surface area contributed by atoms with Crippen molar-refractivity contribution in [3.8, 4) is 45.2 Å². The van der Waals surface area contributed by atoms with Crippen LogP contribution in [0, 0.1) is 0 Å². The summed E-state index contributed by atoms with van der Waals surface area (Å²) < 4.78 is 6.19. The molecule has 4 heteroatoms. The maximum atomic E-state index is 6.19. The first kappa shape index (κ1) is 31.7. The molecule has 0 aliphatic carbocycles. The lowest BCUT2D eigenvalue weighted by molar-refractivity contribution is 0.544. The zero-order chi connectivity index (χ0) is 35.0. The minimum absolute atomic E-state index is 0.385. The van der Waals surface area contributed by atoms with Crippen molar-refractivity contribution in [2.45, 2.75) is 38.5 Å². The number of benzene rings is 7. The van der Waals surface area contributed by atoms with Crippen LogP contribution in [-0.2, 0) is 0 Å². The summed E-state index contributed by atoms with van der Waals surface area (Å²) in [5.41, 5.74) is 13.1. The molecule has 252 valence electrons. The van der Waals surface area contributed by atoms with Crippen LogP contribution in [0.2, 0.25) is 0 Å². The van der Waals surface area contributed by atoms with Crippen LogP contribution in [0.4, 0.5) is 17.1 Å². The van der Waals surface area contributed by atoms with Crippen LogP contribution < -0.4 is 4.90 Å². The van der Waals surface area contributed by atoms with Crippen molar-refractivity contribution in [1.29, 1.82) is 0 Å². The maximum absolute atomic E-state index is 6.19. The quantitative estimate of drug-likeness (QED) is 0.161. The Morgan fingerprint density at radius 2 is 1.06 bits per heavy atom. The first-order chi connectivity index (χ1) is 25.7. The fraction of sp³-hybridized carbons (Fsp3) is 0.125. The van der Waals surface area contributed by atoms with Crippen molar-refractivity contribution < 1.29 is 4.42 Å². The smallest absolute Gasteiger partial charge is 0.248 e. The van der Waals surface area contributed by atoms with Gasteiger partial charge >= 0.3 is 0 Å². The number of aromatic nitrogens is 2. The predicted molar refractivity (Wildman–Crippen MR) is 214 cm³/mol. The molecular formula is C48H39N3O. The SMILES string of the molecule is CCC(CC(C)c1ccc(-c2nnc(-c3cccc4ccccc34)o2)cc1)c1ccc(N2c3ccccc3-c3ccccc3-c3ccccc32)cc1. The Morgan fingerprint density at radius 3 is 1.73 bits per heavy atom. The molecule has 2 unspecified atom stereocenters. The van der Waals surface area contributed by atoms with Gasteiger partial charge in [0.15, 0.2) is 0 Å². The molecule has 0 N–H and O–H groups in total. The molecule has 0 saturated heterocycles. The lowest BCUT2D eigenvalue weighted by atomic mass is 9.84. The summed E-state index contributed by atoms with van der Waals surface area (Å²) in [5, 5.41) is 11.1. The molecule has 0 radical (unpaired) electrons. The number of para-hydroxylation sites is 2. The van der Waals surface area contributed by atoms with E-state index in [0.717, 1.165) is 34.7 Å². The fourth-order valence-electron chi connectivity index (χ4n) is 7.97. The zero-order valence-electron chi connectivity index (χ0n) is 29.4. The molecule has 4 nitrogen and oxygen atoms in total. The molecule has 0 spiro atoms. The molecule has 2 atom stereocenters. The molecule has 52 heavy (non-hydrogen) atoms. The van der Waals surface area contributed by atoms with Gasteiger partial charge in [-0.05, 0) is 100 Å². The highest BCUT2D eigenvalue weighted by molar-refractivity contribution is 6.02. The van der Waals surface area contributed by atoms with Crippen molar-refractivity contribution in [2.24, 2.45) is 0 Å². The van der Waals surface area contributed by atoms with Crippen molar-refractivity contribution >= 4 is 27.8 Å². The van der Waals surface area contributed by atoms with Gasteiger partial charge in [-0.15, -0.1) is 10.2 Å². The first-order valence-electron chi connectivity index (χ1n) is 18.3. The van der Waals surface area contributed by atoms with Gasteiger partial charge in [0.1, 0.15) is 0 Å². The minimum atomic E-state index is 0.385. The van der Waals surface area contributed by atoms with Gasteiger partial charge in [-0.2, -0.15) is 0 Å². The lowest BCUT2D eigenvalue weighted by Crippen LogP contribution is -2.11. The minimum Gasteiger partial charge on any atom is -0.416 e. The van der Waals surface area contributed by atoms with Crippen molar-refractivity contribution in [3.63, 3.8) is 0 Å². The second kappa shape index (κ2) is 13.5. The number of rotatable bonds is 8. The third-order valence-electron chi connectivity index (χ3n) is 10.7. The third kappa shape index (κ3) is 5.67. The van der Waals surface area contributed by atoms with E-state index in [9.17, 15) is 0 Å². The van der Waals surface area contributed by atoms with Crippen LogP contribution in [0.25, 0.3) is 55.9 Å². The Morgan fingerprint density at radius 1 is 0.519 bits per heavy atom. The van der Waals surface area contributed by atoms with Crippen LogP contribution in [0.3, 0.4) is 0 Å². The van der Waals surface area contributed by atoms with Crippen LogP contribution in [0.1, 0.15) is 49.7 Å². The number of hydrogen-bond donors (Lipinski definition) is 0. The standard InChI is InChI=1S/C48H39N3O/c1-3-33(31-32(2)34-23-25-37(26-24-34)47-49-50-48(52-47)44-20-12-14-36-13-4-5-15-39(36)44)35-27-29-38(30-28-35)51-45-21-10-8-18-42(45)40-16-6-7-17-41(40)43-19-9-11-22-46(43)51/h4-30,32-33H,3,31H2,1-2H3. The number of nitrogens with zero attached hydrogens (tertiary/aromatic N) is 3. The van der Waals surface area contributed by atoms with Gasteiger partial charge in [-0.1, -0.05) is 135 Å². The topological polar surface area (TPSA) is 42.2 Å². The van der Waals surface area contributed by atoms with E-state index in [0.29, 0.717) is 23.6 Å². The molecule has 0 fully saturated rings. The Balaban J connectivity index is 0.946. The highest BCUT2D eigenvalue weighted by atomic mass is 16.4. The monoisotopic (exact) mass is 673 g/mol. The Bertz CT molecular complexity index is 2440. The van der Waals surface area contributed by atoms with Crippen LogP contribution in [-0.4, -0.2) is 10.2 Å². The molecular weight excluding hydrogens is 635 g/mol. The van der Waals surface area contributed by atoms with Gasteiger partial charge in [0, 0.05) is 27.9 Å². The second-order valence-electron chi connectivity index (χ2n) is 13.8.